The molecule has 7 heteroatoms. The second-order valence-corrected chi connectivity index (χ2v) is 6.28. The van der Waals surface area contributed by atoms with Crippen molar-refractivity contribution in [1.82, 2.24) is 15.3 Å². The Bertz CT molecular complexity index is 1080. The van der Waals surface area contributed by atoms with E-state index in [4.69, 9.17) is 0 Å². The minimum absolute atomic E-state index is 0.0144. The van der Waals surface area contributed by atoms with Crippen molar-refractivity contribution in [3.05, 3.63) is 71.4 Å². The molecule has 2 N–H and O–H groups in total. The quantitative estimate of drug-likeness (QED) is 0.425. The number of imide groups is 1. The monoisotopic (exact) mass is 360 g/mol. The second kappa shape index (κ2) is 6.53. The first-order valence-corrected chi connectivity index (χ1v) is 8.41. The van der Waals surface area contributed by atoms with E-state index in [0.29, 0.717) is 22.4 Å². The molecule has 0 saturated carbocycles. The molecule has 3 amide bonds. The fraction of sp³-hybridized carbons (Fsp3) is 0.100. The Labute approximate surface area is 154 Å². The molecule has 0 bridgehead atoms. The summed E-state index contributed by atoms with van der Waals surface area (Å²) in [6, 6.07) is 14.1. The molecule has 0 fully saturated rings. The number of hydrogen-bond donors (Lipinski definition) is 2. The molecule has 0 saturated heterocycles. The normalized spacial score (nSPS) is 14.0. The average molecular weight is 360 g/mol. The fourth-order valence-corrected chi connectivity index (χ4v) is 3.11. The number of H-pyrrole nitrogens is 1. The van der Waals surface area contributed by atoms with E-state index in [9.17, 15) is 14.4 Å². The summed E-state index contributed by atoms with van der Waals surface area (Å²) in [6.45, 7) is 1.67. The molecule has 0 unspecified atom stereocenters. The predicted molar refractivity (Wildman–Crippen MR) is 101 cm³/mol. The molecule has 4 rings (SSSR count). The molecule has 1 aliphatic heterocycles. The van der Waals surface area contributed by atoms with Crippen molar-refractivity contribution in [1.29, 1.82) is 0 Å². The molecule has 0 atom stereocenters. The van der Waals surface area contributed by atoms with E-state index in [-0.39, 0.29) is 24.3 Å². The topological polar surface area (TPSA) is 94.6 Å². The highest BCUT2D eigenvalue weighted by Crippen LogP contribution is 2.22. The van der Waals surface area contributed by atoms with Crippen molar-refractivity contribution in [2.75, 3.05) is 6.54 Å². The Hall–Kier alpha value is -3.74. The Balaban J connectivity index is 1.47. The Kier molecular flexibility index (Phi) is 4.04. The lowest BCUT2D eigenvalue weighted by Crippen LogP contribution is -2.35. The highest BCUT2D eigenvalue weighted by atomic mass is 16.2. The maximum atomic E-state index is 12.4. The molecular weight excluding hydrogens is 344 g/mol. The van der Waals surface area contributed by atoms with Gasteiger partial charge in [-0.1, -0.05) is 30.3 Å². The van der Waals surface area contributed by atoms with Crippen LogP contribution in [-0.4, -0.2) is 39.9 Å². The van der Waals surface area contributed by atoms with Gasteiger partial charge in [0.1, 0.15) is 0 Å². The van der Waals surface area contributed by atoms with Crippen molar-refractivity contribution < 1.29 is 14.4 Å². The molecule has 1 aromatic heterocycles. The van der Waals surface area contributed by atoms with E-state index >= 15 is 0 Å². The first-order valence-electron chi connectivity index (χ1n) is 8.41. The van der Waals surface area contributed by atoms with Crippen LogP contribution in [0.25, 0.3) is 10.9 Å². The zero-order valence-electron chi connectivity index (χ0n) is 14.5. The zero-order chi connectivity index (χ0) is 19.0. The van der Waals surface area contributed by atoms with Crippen LogP contribution in [0.3, 0.4) is 0 Å². The molecule has 27 heavy (non-hydrogen) atoms. The van der Waals surface area contributed by atoms with Crippen LogP contribution in [0.5, 0.6) is 0 Å². The summed E-state index contributed by atoms with van der Waals surface area (Å²) in [4.78, 5) is 41.3. The molecule has 3 aromatic rings. The molecule has 0 aliphatic carbocycles. The highest BCUT2D eigenvalue weighted by Gasteiger charge is 2.35. The Morgan fingerprint density at radius 1 is 1.04 bits per heavy atom. The van der Waals surface area contributed by atoms with Gasteiger partial charge in [0.25, 0.3) is 17.7 Å². The van der Waals surface area contributed by atoms with Crippen LogP contribution in [0.1, 0.15) is 38.0 Å². The molecule has 0 radical (unpaired) electrons. The van der Waals surface area contributed by atoms with Crippen LogP contribution < -0.4 is 5.43 Å². The van der Waals surface area contributed by atoms with Crippen molar-refractivity contribution in [2.45, 2.75) is 6.92 Å². The van der Waals surface area contributed by atoms with Crippen LogP contribution in [0.2, 0.25) is 0 Å². The van der Waals surface area contributed by atoms with Gasteiger partial charge in [-0.2, -0.15) is 5.10 Å². The summed E-state index contributed by atoms with van der Waals surface area (Å²) in [6.07, 6.45) is 1.62. The van der Waals surface area contributed by atoms with Crippen molar-refractivity contribution >= 4 is 34.3 Å². The van der Waals surface area contributed by atoms with Crippen LogP contribution in [0.4, 0.5) is 0 Å². The van der Waals surface area contributed by atoms with E-state index in [1.54, 1.807) is 37.4 Å². The first-order chi connectivity index (χ1) is 13.1. The van der Waals surface area contributed by atoms with Crippen molar-refractivity contribution in [3.8, 4) is 0 Å². The number of nitrogens with zero attached hydrogens (tertiary/aromatic N) is 2. The SMILES string of the molecule is C/C(CN1C(=O)c2ccccc2C1=O)=N\NC(=O)c1c[nH]c2ccccc12. The molecule has 0 spiro atoms. The number of aromatic nitrogens is 1. The van der Waals surface area contributed by atoms with Gasteiger partial charge in [0.05, 0.1) is 28.9 Å². The number of benzene rings is 2. The molecule has 134 valence electrons. The number of hydrazone groups is 1. The van der Waals surface area contributed by atoms with Crippen LogP contribution in [0.15, 0.2) is 59.8 Å². The molecular formula is C20H16N4O3. The minimum atomic E-state index is -0.367. The number of aromatic amines is 1. The summed E-state index contributed by atoms with van der Waals surface area (Å²) in [5.41, 5.74) is 5.03. The molecule has 1 aliphatic rings. The summed E-state index contributed by atoms with van der Waals surface area (Å²) in [5, 5.41) is 4.83. The number of carbonyl (C=O) groups is 3. The van der Waals surface area contributed by atoms with Gasteiger partial charge < -0.3 is 4.98 Å². The lowest BCUT2D eigenvalue weighted by atomic mass is 10.1. The van der Waals surface area contributed by atoms with E-state index in [0.717, 1.165) is 15.8 Å². The van der Waals surface area contributed by atoms with Crippen LogP contribution in [0, 0.1) is 0 Å². The lowest BCUT2D eigenvalue weighted by molar-refractivity contribution is 0.0677. The number of fused-ring (bicyclic) bond motifs is 2. The average Bonchev–Trinajstić information content (AvgIpc) is 3.22. The molecule has 2 aromatic carbocycles. The van der Waals surface area contributed by atoms with Gasteiger partial charge in [-0.25, -0.2) is 5.43 Å². The largest absolute Gasteiger partial charge is 0.360 e. The van der Waals surface area contributed by atoms with Crippen molar-refractivity contribution in [3.63, 3.8) is 0 Å². The van der Waals surface area contributed by atoms with E-state index in [2.05, 4.69) is 15.5 Å². The second-order valence-electron chi connectivity index (χ2n) is 6.28. The van der Waals surface area contributed by atoms with E-state index < -0.39 is 0 Å². The number of nitrogens with one attached hydrogen (secondary N) is 2. The van der Waals surface area contributed by atoms with Crippen LogP contribution in [-0.2, 0) is 0 Å². The lowest BCUT2D eigenvalue weighted by Gasteiger charge is -2.13. The van der Waals surface area contributed by atoms with E-state index in [1.807, 2.05) is 24.3 Å². The highest BCUT2D eigenvalue weighted by molar-refractivity contribution is 6.22. The number of para-hydroxylation sites is 1. The van der Waals surface area contributed by atoms with Gasteiger partial charge >= 0.3 is 0 Å². The van der Waals surface area contributed by atoms with Gasteiger partial charge in [-0.15, -0.1) is 0 Å². The zero-order valence-corrected chi connectivity index (χ0v) is 14.5. The van der Waals surface area contributed by atoms with Crippen molar-refractivity contribution in [2.24, 2.45) is 5.10 Å². The third-order valence-electron chi connectivity index (χ3n) is 4.45. The Morgan fingerprint density at radius 3 is 2.37 bits per heavy atom. The maximum Gasteiger partial charge on any atom is 0.273 e. The van der Waals surface area contributed by atoms with Gasteiger partial charge in [-0.05, 0) is 25.1 Å². The number of hydrogen-bond acceptors (Lipinski definition) is 4. The van der Waals surface area contributed by atoms with Crippen LogP contribution >= 0.6 is 0 Å². The molecule has 2 heterocycles. The number of amides is 3. The Morgan fingerprint density at radius 2 is 1.67 bits per heavy atom. The van der Waals surface area contributed by atoms with Gasteiger partial charge in [0.2, 0.25) is 0 Å². The maximum absolute atomic E-state index is 12.4. The number of carbonyl (C=O) groups excluding carboxylic acids is 3. The standard InChI is InChI=1S/C20H16N4O3/c1-12(11-24-19(26)14-7-2-3-8-15(14)20(24)27)22-23-18(25)16-10-21-17-9-5-4-6-13(16)17/h2-10,21H,11H2,1H3,(H,23,25)/b22-12+. The summed E-state index contributed by atoms with van der Waals surface area (Å²) < 4.78 is 0. The predicted octanol–water partition coefficient (Wildman–Crippen LogP) is 2.57. The van der Waals surface area contributed by atoms with Gasteiger partial charge in [0.15, 0.2) is 0 Å². The van der Waals surface area contributed by atoms with Gasteiger partial charge in [0, 0.05) is 17.1 Å². The van der Waals surface area contributed by atoms with E-state index in [1.165, 1.54) is 0 Å². The van der Waals surface area contributed by atoms with Gasteiger partial charge in [-0.3, -0.25) is 19.3 Å². The summed E-state index contributed by atoms with van der Waals surface area (Å²) in [5.74, 6) is -1.07. The smallest absolute Gasteiger partial charge is 0.273 e. The fourth-order valence-electron chi connectivity index (χ4n) is 3.11. The summed E-state index contributed by atoms with van der Waals surface area (Å²) in [7, 11) is 0. The summed E-state index contributed by atoms with van der Waals surface area (Å²) >= 11 is 0. The first kappa shape index (κ1) is 16.7. The molecule has 7 nitrogen and oxygen atoms in total. The minimum Gasteiger partial charge on any atom is -0.360 e. The third-order valence-corrected chi connectivity index (χ3v) is 4.45. The number of rotatable bonds is 4. The third kappa shape index (κ3) is 2.89.